The molecule has 2 rings (SSSR count). The second-order valence-electron chi connectivity index (χ2n) is 5.32. The van der Waals surface area contributed by atoms with Crippen LogP contribution >= 0.6 is 0 Å². The molecule has 0 radical (unpaired) electrons. The van der Waals surface area contributed by atoms with Gasteiger partial charge in [0.2, 0.25) is 10.0 Å². The Morgan fingerprint density at radius 3 is 2.70 bits per heavy atom. The molecule has 1 aliphatic rings. The Hall–Kier alpha value is -0.910. The van der Waals surface area contributed by atoms with E-state index in [1.807, 2.05) is 30.3 Å². The Labute approximate surface area is 121 Å². The van der Waals surface area contributed by atoms with Crippen molar-refractivity contribution in [2.75, 3.05) is 18.9 Å². The lowest BCUT2D eigenvalue weighted by molar-refractivity contribution is 0.264. The van der Waals surface area contributed by atoms with Crippen molar-refractivity contribution in [1.82, 2.24) is 4.31 Å². The fraction of sp³-hybridized carbons (Fsp3) is 0.600. The molecule has 1 aromatic carbocycles. The highest BCUT2D eigenvalue weighted by atomic mass is 32.2. The first-order chi connectivity index (χ1) is 9.63. The Bertz CT molecular complexity index is 501. The van der Waals surface area contributed by atoms with E-state index in [0.717, 1.165) is 24.8 Å². The van der Waals surface area contributed by atoms with Crippen LogP contribution < -0.4 is 0 Å². The van der Waals surface area contributed by atoms with E-state index in [0.29, 0.717) is 19.4 Å². The molecule has 1 unspecified atom stereocenters. The molecule has 0 saturated carbocycles. The van der Waals surface area contributed by atoms with Crippen molar-refractivity contribution in [3.63, 3.8) is 0 Å². The zero-order valence-corrected chi connectivity index (χ0v) is 12.6. The van der Waals surface area contributed by atoms with Crippen molar-refractivity contribution >= 4 is 10.0 Å². The quantitative estimate of drug-likeness (QED) is 0.835. The Morgan fingerprint density at radius 1 is 1.25 bits per heavy atom. The molecule has 1 aromatic rings. The van der Waals surface area contributed by atoms with Gasteiger partial charge in [-0.05, 0) is 37.7 Å². The third kappa shape index (κ3) is 4.04. The first-order valence-electron chi connectivity index (χ1n) is 7.28. The van der Waals surface area contributed by atoms with Crippen molar-refractivity contribution in [3.05, 3.63) is 35.9 Å². The summed E-state index contributed by atoms with van der Waals surface area (Å²) in [4.78, 5) is 0. The molecule has 1 fully saturated rings. The van der Waals surface area contributed by atoms with Crippen LogP contribution in [0.15, 0.2) is 30.3 Å². The van der Waals surface area contributed by atoms with E-state index < -0.39 is 10.0 Å². The molecular formula is C15H23NO3S. The predicted molar refractivity (Wildman–Crippen MR) is 80.0 cm³/mol. The van der Waals surface area contributed by atoms with Gasteiger partial charge in [-0.25, -0.2) is 8.42 Å². The summed E-state index contributed by atoms with van der Waals surface area (Å²) in [6, 6.07) is 9.81. The van der Waals surface area contributed by atoms with Crippen molar-refractivity contribution < 1.29 is 13.5 Å². The normalized spacial score (nSPS) is 20.4. The SMILES string of the molecule is O=S(=O)(CCc1ccccc1)N1CCCC1CCCO. The van der Waals surface area contributed by atoms with E-state index >= 15 is 0 Å². The standard InChI is InChI=1S/C15H23NO3S/c17-12-5-9-15-8-4-11-16(15)20(18,19)13-10-14-6-2-1-3-7-14/h1-3,6-7,15,17H,4-5,8-13H2. The molecule has 4 nitrogen and oxygen atoms in total. The van der Waals surface area contributed by atoms with E-state index in [-0.39, 0.29) is 18.4 Å². The van der Waals surface area contributed by atoms with Gasteiger partial charge in [0.1, 0.15) is 0 Å². The zero-order valence-electron chi connectivity index (χ0n) is 11.7. The molecule has 1 saturated heterocycles. The number of hydrogen-bond acceptors (Lipinski definition) is 3. The summed E-state index contributed by atoms with van der Waals surface area (Å²) in [5, 5.41) is 8.90. The minimum Gasteiger partial charge on any atom is -0.396 e. The molecule has 1 atom stereocenters. The third-order valence-corrected chi connectivity index (χ3v) is 5.78. The van der Waals surface area contributed by atoms with Gasteiger partial charge in [-0.1, -0.05) is 30.3 Å². The molecule has 0 bridgehead atoms. The van der Waals surface area contributed by atoms with E-state index in [1.165, 1.54) is 0 Å². The van der Waals surface area contributed by atoms with Crippen LogP contribution in [0.25, 0.3) is 0 Å². The van der Waals surface area contributed by atoms with Gasteiger partial charge >= 0.3 is 0 Å². The summed E-state index contributed by atoms with van der Waals surface area (Å²) in [7, 11) is -3.19. The molecule has 0 spiro atoms. The molecular weight excluding hydrogens is 274 g/mol. The van der Waals surface area contributed by atoms with Gasteiger partial charge in [0.05, 0.1) is 5.75 Å². The Morgan fingerprint density at radius 2 is 2.00 bits per heavy atom. The summed E-state index contributed by atoms with van der Waals surface area (Å²) < 4.78 is 26.5. The van der Waals surface area contributed by atoms with Crippen LogP contribution in [-0.4, -0.2) is 42.8 Å². The fourth-order valence-corrected chi connectivity index (χ4v) is 4.60. The summed E-state index contributed by atoms with van der Waals surface area (Å²) in [6.07, 6.45) is 3.86. The second-order valence-corrected chi connectivity index (χ2v) is 7.37. The van der Waals surface area contributed by atoms with Crippen LogP contribution in [0.4, 0.5) is 0 Å². The molecule has 0 amide bonds. The van der Waals surface area contributed by atoms with E-state index in [9.17, 15) is 8.42 Å². The minimum atomic E-state index is -3.19. The molecule has 0 aliphatic carbocycles. The van der Waals surface area contributed by atoms with Crippen LogP contribution in [-0.2, 0) is 16.4 Å². The number of benzene rings is 1. The smallest absolute Gasteiger partial charge is 0.214 e. The van der Waals surface area contributed by atoms with E-state index in [4.69, 9.17) is 5.11 Å². The average Bonchev–Trinajstić information content (AvgIpc) is 2.93. The number of aliphatic hydroxyl groups is 1. The number of rotatable bonds is 7. The highest BCUT2D eigenvalue weighted by Crippen LogP contribution is 2.25. The van der Waals surface area contributed by atoms with Crippen LogP contribution in [0.1, 0.15) is 31.2 Å². The summed E-state index contributed by atoms with van der Waals surface area (Å²) in [5.74, 6) is 0.173. The lowest BCUT2D eigenvalue weighted by Gasteiger charge is -2.23. The van der Waals surface area contributed by atoms with Gasteiger partial charge in [-0.3, -0.25) is 0 Å². The number of aliphatic hydroxyl groups excluding tert-OH is 1. The first-order valence-corrected chi connectivity index (χ1v) is 8.89. The monoisotopic (exact) mass is 297 g/mol. The highest BCUT2D eigenvalue weighted by Gasteiger charge is 2.33. The van der Waals surface area contributed by atoms with Gasteiger partial charge in [0, 0.05) is 19.2 Å². The molecule has 1 heterocycles. The van der Waals surface area contributed by atoms with Gasteiger partial charge in [0.25, 0.3) is 0 Å². The van der Waals surface area contributed by atoms with Crippen molar-refractivity contribution in [2.24, 2.45) is 0 Å². The fourth-order valence-electron chi connectivity index (χ4n) is 2.80. The maximum atomic E-state index is 12.4. The second kappa shape index (κ2) is 7.20. The molecule has 1 aliphatic heterocycles. The largest absolute Gasteiger partial charge is 0.396 e. The molecule has 0 aromatic heterocycles. The molecule has 20 heavy (non-hydrogen) atoms. The summed E-state index contributed by atoms with van der Waals surface area (Å²) in [6.45, 7) is 0.765. The lowest BCUT2D eigenvalue weighted by Crippen LogP contribution is -2.37. The molecule has 1 N–H and O–H groups in total. The van der Waals surface area contributed by atoms with Gasteiger partial charge < -0.3 is 5.11 Å². The van der Waals surface area contributed by atoms with E-state index in [1.54, 1.807) is 4.31 Å². The lowest BCUT2D eigenvalue weighted by atomic mass is 10.1. The zero-order chi connectivity index (χ0) is 14.4. The van der Waals surface area contributed by atoms with Gasteiger partial charge in [-0.15, -0.1) is 0 Å². The third-order valence-electron chi connectivity index (χ3n) is 3.87. The van der Waals surface area contributed by atoms with Gasteiger partial charge in [-0.2, -0.15) is 4.31 Å². The van der Waals surface area contributed by atoms with Crippen molar-refractivity contribution in [3.8, 4) is 0 Å². The number of aryl methyl sites for hydroxylation is 1. The first kappa shape index (κ1) is 15.5. The molecule has 5 heteroatoms. The van der Waals surface area contributed by atoms with Gasteiger partial charge in [0.15, 0.2) is 0 Å². The summed E-state index contributed by atoms with van der Waals surface area (Å²) in [5.41, 5.74) is 1.06. The maximum absolute atomic E-state index is 12.4. The van der Waals surface area contributed by atoms with Crippen LogP contribution in [0.5, 0.6) is 0 Å². The maximum Gasteiger partial charge on any atom is 0.214 e. The van der Waals surface area contributed by atoms with Crippen molar-refractivity contribution in [1.29, 1.82) is 0 Å². The highest BCUT2D eigenvalue weighted by molar-refractivity contribution is 7.89. The average molecular weight is 297 g/mol. The minimum absolute atomic E-state index is 0.0860. The number of sulfonamides is 1. The van der Waals surface area contributed by atoms with Crippen molar-refractivity contribution in [2.45, 2.75) is 38.1 Å². The molecule has 112 valence electrons. The van der Waals surface area contributed by atoms with E-state index in [2.05, 4.69) is 0 Å². The topological polar surface area (TPSA) is 57.6 Å². The Balaban J connectivity index is 1.95. The predicted octanol–water partition coefficient (Wildman–Crippen LogP) is 1.80. The van der Waals surface area contributed by atoms with Crippen LogP contribution in [0.3, 0.4) is 0 Å². The summed E-state index contributed by atoms with van der Waals surface area (Å²) >= 11 is 0. The van der Waals surface area contributed by atoms with Crippen LogP contribution in [0.2, 0.25) is 0 Å². The number of nitrogens with zero attached hydrogens (tertiary/aromatic N) is 1. The Kier molecular flexibility index (Phi) is 5.57. The number of hydrogen-bond donors (Lipinski definition) is 1. The van der Waals surface area contributed by atoms with Crippen LogP contribution in [0, 0.1) is 0 Å².